The number of aromatic nitrogens is 3. The van der Waals surface area contributed by atoms with Gasteiger partial charge < -0.3 is 10.8 Å². The van der Waals surface area contributed by atoms with Crippen LogP contribution in [0.5, 0.6) is 5.75 Å². The van der Waals surface area contributed by atoms with Gasteiger partial charge in [-0.15, -0.1) is 0 Å². The number of aromatic amines is 2. The first-order valence-electron chi connectivity index (χ1n) is 3.90. The van der Waals surface area contributed by atoms with Crippen LogP contribution in [0.25, 0.3) is 11.4 Å². The monoisotopic (exact) mass is 208 g/mol. The molecule has 0 saturated heterocycles. The number of rotatable bonds is 1. The van der Waals surface area contributed by atoms with Gasteiger partial charge in [0.25, 0.3) is 0 Å². The summed E-state index contributed by atoms with van der Waals surface area (Å²) in [5, 5.41) is 15.0. The van der Waals surface area contributed by atoms with Crippen molar-refractivity contribution in [1.29, 1.82) is 0 Å². The van der Waals surface area contributed by atoms with E-state index in [1.807, 2.05) is 0 Å². The lowest BCUT2D eigenvalue weighted by atomic mass is 10.2. The van der Waals surface area contributed by atoms with Gasteiger partial charge in [-0.1, -0.05) is 0 Å². The molecule has 1 heterocycles. The molecular formula is C8H8N4OS. The third kappa shape index (κ3) is 1.47. The van der Waals surface area contributed by atoms with Crippen molar-refractivity contribution < 1.29 is 5.11 Å². The highest BCUT2D eigenvalue weighted by Crippen LogP contribution is 2.27. The molecular weight excluding hydrogens is 200 g/mol. The molecule has 14 heavy (non-hydrogen) atoms. The first kappa shape index (κ1) is 8.76. The molecule has 5 N–H and O–H groups in total. The predicted molar refractivity (Wildman–Crippen MR) is 55.3 cm³/mol. The molecule has 0 aliphatic carbocycles. The third-order valence-electron chi connectivity index (χ3n) is 1.78. The molecule has 1 aromatic heterocycles. The average Bonchev–Trinajstić information content (AvgIpc) is 2.51. The number of hydrogen-bond donors (Lipinski definition) is 4. The Kier molecular flexibility index (Phi) is 1.97. The maximum Gasteiger partial charge on any atom is 0.213 e. The van der Waals surface area contributed by atoms with E-state index in [1.54, 1.807) is 12.1 Å². The summed E-state index contributed by atoms with van der Waals surface area (Å²) in [6.07, 6.45) is 0. The van der Waals surface area contributed by atoms with E-state index in [0.717, 1.165) is 0 Å². The van der Waals surface area contributed by atoms with Gasteiger partial charge in [0.15, 0.2) is 5.82 Å². The molecule has 72 valence electrons. The van der Waals surface area contributed by atoms with Gasteiger partial charge in [0.05, 0.1) is 5.56 Å². The lowest BCUT2D eigenvalue weighted by Crippen LogP contribution is -1.86. The van der Waals surface area contributed by atoms with Crippen LogP contribution >= 0.6 is 12.2 Å². The van der Waals surface area contributed by atoms with Crippen LogP contribution in [0, 0.1) is 4.77 Å². The van der Waals surface area contributed by atoms with Gasteiger partial charge in [0, 0.05) is 11.8 Å². The SMILES string of the molecule is Nc1ccc(-c2nc(=S)[nH][nH]2)c(O)c1. The summed E-state index contributed by atoms with van der Waals surface area (Å²) in [4.78, 5) is 3.97. The van der Waals surface area contributed by atoms with Crippen LogP contribution in [-0.2, 0) is 0 Å². The summed E-state index contributed by atoms with van der Waals surface area (Å²) < 4.78 is 0.344. The predicted octanol–water partition coefficient (Wildman–Crippen LogP) is 1.42. The smallest absolute Gasteiger partial charge is 0.213 e. The molecule has 2 rings (SSSR count). The van der Waals surface area contributed by atoms with Crippen molar-refractivity contribution in [1.82, 2.24) is 15.2 Å². The number of nitrogens with one attached hydrogen (secondary N) is 2. The van der Waals surface area contributed by atoms with Crippen molar-refractivity contribution in [2.45, 2.75) is 0 Å². The number of aromatic hydroxyl groups is 1. The number of benzene rings is 1. The molecule has 0 unspecified atom stereocenters. The van der Waals surface area contributed by atoms with Crippen molar-refractivity contribution in [3.8, 4) is 17.1 Å². The van der Waals surface area contributed by atoms with Crippen LogP contribution in [0.2, 0.25) is 0 Å². The maximum absolute atomic E-state index is 9.57. The molecule has 5 nitrogen and oxygen atoms in total. The van der Waals surface area contributed by atoms with E-state index < -0.39 is 0 Å². The fourth-order valence-electron chi connectivity index (χ4n) is 1.15. The highest BCUT2D eigenvalue weighted by atomic mass is 32.1. The lowest BCUT2D eigenvalue weighted by Gasteiger charge is -2.00. The van der Waals surface area contributed by atoms with Crippen molar-refractivity contribution >= 4 is 17.9 Å². The highest BCUT2D eigenvalue weighted by molar-refractivity contribution is 7.71. The van der Waals surface area contributed by atoms with Crippen molar-refractivity contribution in [2.24, 2.45) is 0 Å². The fourth-order valence-corrected chi connectivity index (χ4v) is 1.29. The Morgan fingerprint density at radius 2 is 2.14 bits per heavy atom. The maximum atomic E-state index is 9.57. The molecule has 2 aromatic rings. The van der Waals surface area contributed by atoms with E-state index in [4.69, 9.17) is 18.0 Å². The molecule has 0 aliphatic heterocycles. The summed E-state index contributed by atoms with van der Waals surface area (Å²) in [7, 11) is 0. The van der Waals surface area contributed by atoms with E-state index >= 15 is 0 Å². The molecule has 0 fully saturated rings. The van der Waals surface area contributed by atoms with Crippen molar-refractivity contribution in [3.63, 3.8) is 0 Å². The molecule has 0 bridgehead atoms. The van der Waals surface area contributed by atoms with Gasteiger partial charge >= 0.3 is 0 Å². The second-order valence-corrected chi connectivity index (χ2v) is 3.18. The first-order chi connectivity index (χ1) is 6.66. The summed E-state index contributed by atoms with van der Waals surface area (Å²) in [6, 6.07) is 4.81. The van der Waals surface area contributed by atoms with E-state index in [2.05, 4.69) is 15.2 Å². The highest BCUT2D eigenvalue weighted by Gasteiger charge is 2.06. The minimum Gasteiger partial charge on any atom is -0.507 e. The number of H-pyrrole nitrogens is 2. The van der Waals surface area contributed by atoms with Gasteiger partial charge in [-0.2, -0.15) is 4.98 Å². The molecule has 0 aliphatic rings. The van der Waals surface area contributed by atoms with Crippen LogP contribution in [0.4, 0.5) is 5.69 Å². The number of nitrogen functional groups attached to an aromatic ring is 1. The lowest BCUT2D eigenvalue weighted by molar-refractivity contribution is 0.477. The van der Waals surface area contributed by atoms with Gasteiger partial charge in [-0.05, 0) is 24.4 Å². The molecule has 0 spiro atoms. The molecule has 0 atom stereocenters. The molecule has 1 aromatic carbocycles. The summed E-state index contributed by atoms with van der Waals surface area (Å²) >= 11 is 4.80. The van der Waals surface area contributed by atoms with Gasteiger partial charge in [-0.3, -0.25) is 10.2 Å². The number of nitrogens with zero attached hydrogens (tertiary/aromatic N) is 1. The zero-order valence-corrected chi connectivity index (χ0v) is 7.93. The summed E-state index contributed by atoms with van der Waals surface area (Å²) in [5.41, 5.74) is 6.55. The van der Waals surface area contributed by atoms with Gasteiger partial charge in [0.2, 0.25) is 4.77 Å². The summed E-state index contributed by atoms with van der Waals surface area (Å²) in [5.74, 6) is 0.565. The Morgan fingerprint density at radius 1 is 1.36 bits per heavy atom. The zero-order chi connectivity index (χ0) is 10.1. The number of hydrogen-bond acceptors (Lipinski definition) is 4. The van der Waals surface area contributed by atoms with Crippen LogP contribution in [0.15, 0.2) is 18.2 Å². The minimum atomic E-state index is 0.0720. The summed E-state index contributed by atoms with van der Waals surface area (Å²) in [6.45, 7) is 0. The Bertz CT molecular complexity index is 516. The van der Waals surface area contributed by atoms with Gasteiger partial charge in [0.1, 0.15) is 5.75 Å². The molecule has 6 heteroatoms. The number of phenolic OH excluding ortho intramolecular Hbond substituents is 1. The molecule has 0 amide bonds. The van der Waals surface area contributed by atoms with E-state index in [-0.39, 0.29) is 5.75 Å². The van der Waals surface area contributed by atoms with Crippen molar-refractivity contribution in [2.75, 3.05) is 5.73 Å². The Morgan fingerprint density at radius 3 is 2.71 bits per heavy atom. The quantitative estimate of drug-likeness (QED) is 0.421. The second-order valence-electron chi connectivity index (χ2n) is 2.79. The fraction of sp³-hybridized carbons (Fsp3) is 0. The van der Waals surface area contributed by atoms with E-state index in [1.165, 1.54) is 6.07 Å². The van der Waals surface area contributed by atoms with Crippen LogP contribution < -0.4 is 5.73 Å². The third-order valence-corrected chi connectivity index (χ3v) is 1.97. The zero-order valence-electron chi connectivity index (χ0n) is 7.11. The van der Waals surface area contributed by atoms with Crippen molar-refractivity contribution in [3.05, 3.63) is 23.0 Å². The standard InChI is InChI=1S/C8H8N4OS/c9-4-1-2-5(6(13)3-4)7-10-8(14)12-11-7/h1-3,13H,9H2,(H2,10,11,12,14). The first-order valence-corrected chi connectivity index (χ1v) is 4.31. The van der Waals surface area contributed by atoms with Gasteiger partial charge in [-0.25, -0.2) is 0 Å². The number of phenols is 1. The number of nitrogens with two attached hydrogens (primary N) is 1. The topological polar surface area (TPSA) is 90.7 Å². The molecule has 0 saturated carbocycles. The van der Waals surface area contributed by atoms with E-state index in [0.29, 0.717) is 21.8 Å². The van der Waals surface area contributed by atoms with Crippen LogP contribution in [0.1, 0.15) is 0 Å². The minimum absolute atomic E-state index is 0.0720. The number of anilines is 1. The Labute approximate surface area is 84.6 Å². The van der Waals surface area contributed by atoms with Crippen LogP contribution in [-0.4, -0.2) is 20.3 Å². The molecule has 0 radical (unpaired) electrons. The average molecular weight is 208 g/mol. The Balaban J connectivity index is 2.57. The van der Waals surface area contributed by atoms with Crippen LogP contribution in [0.3, 0.4) is 0 Å². The normalized spacial score (nSPS) is 10.3. The Hall–Kier alpha value is -1.82. The van der Waals surface area contributed by atoms with E-state index in [9.17, 15) is 5.11 Å². The largest absolute Gasteiger partial charge is 0.507 e. The second kappa shape index (κ2) is 3.15.